The maximum absolute atomic E-state index is 12.6. The molecular formula is C17H22ClNO4. The molecule has 1 saturated heterocycles. The number of aromatic hydroxyl groups is 1. The normalized spacial score (nSPS) is 18.3. The van der Waals surface area contributed by atoms with E-state index >= 15 is 0 Å². The van der Waals surface area contributed by atoms with Crippen LogP contribution in [0.4, 0.5) is 0 Å². The van der Waals surface area contributed by atoms with Gasteiger partial charge in [-0.05, 0) is 45.4 Å². The van der Waals surface area contributed by atoms with E-state index in [1.807, 2.05) is 0 Å². The molecule has 2 N–H and O–H groups in total. The molecule has 0 aliphatic carbocycles. The average molecular weight is 340 g/mol. The van der Waals surface area contributed by atoms with Gasteiger partial charge in [0.1, 0.15) is 17.1 Å². The quantitative estimate of drug-likeness (QED) is 0.899. The molecule has 1 aliphatic heterocycles. The highest BCUT2D eigenvalue weighted by atomic mass is 35.5. The molecule has 6 heteroatoms. The number of benzene rings is 1. The van der Waals surface area contributed by atoms with Gasteiger partial charge in [-0.15, -0.1) is 12.4 Å². The Kier molecular flexibility index (Phi) is 5.34. The summed E-state index contributed by atoms with van der Waals surface area (Å²) in [6.45, 7) is 5.10. The number of phenolic OH excluding ortho intramolecular Hbond substituents is 1. The summed E-state index contributed by atoms with van der Waals surface area (Å²) in [5.41, 5.74) is 1.62. The lowest BCUT2D eigenvalue weighted by Gasteiger charge is -2.24. The minimum Gasteiger partial charge on any atom is -0.508 e. The molecule has 0 amide bonds. The number of nitrogens with zero attached hydrogens (tertiary/aromatic N) is 1. The molecule has 1 atom stereocenters. The fourth-order valence-corrected chi connectivity index (χ4v) is 3.33. The van der Waals surface area contributed by atoms with Gasteiger partial charge in [-0.25, -0.2) is 0 Å². The number of fused-ring (bicyclic) bond motifs is 1. The van der Waals surface area contributed by atoms with Crippen molar-refractivity contribution in [3.63, 3.8) is 0 Å². The maximum atomic E-state index is 12.6. The van der Waals surface area contributed by atoms with E-state index in [2.05, 4.69) is 4.90 Å². The zero-order valence-electron chi connectivity index (χ0n) is 13.3. The number of aryl methyl sites for hydroxylation is 1. The van der Waals surface area contributed by atoms with Crippen LogP contribution in [0.3, 0.4) is 0 Å². The monoisotopic (exact) mass is 339 g/mol. The predicted molar refractivity (Wildman–Crippen MR) is 91.5 cm³/mol. The molecule has 0 radical (unpaired) electrons. The highest BCUT2D eigenvalue weighted by Gasteiger charge is 2.30. The molecule has 1 aromatic carbocycles. The highest BCUT2D eigenvalue weighted by molar-refractivity contribution is 5.85. The van der Waals surface area contributed by atoms with E-state index in [1.54, 1.807) is 19.9 Å². The Morgan fingerprint density at radius 2 is 2.04 bits per heavy atom. The smallest absolute Gasteiger partial charge is 0.195 e. The highest BCUT2D eigenvalue weighted by Crippen LogP contribution is 2.35. The van der Waals surface area contributed by atoms with Crippen molar-refractivity contribution in [1.82, 2.24) is 4.90 Å². The first-order valence-corrected chi connectivity index (χ1v) is 7.65. The third-order valence-corrected chi connectivity index (χ3v) is 4.60. The third kappa shape index (κ3) is 2.96. The van der Waals surface area contributed by atoms with Crippen LogP contribution in [0.5, 0.6) is 5.75 Å². The molecule has 0 saturated carbocycles. The lowest BCUT2D eigenvalue weighted by Crippen LogP contribution is -2.28. The molecular weight excluding hydrogens is 318 g/mol. The number of hydrogen-bond donors (Lipinski definition) is 2. The Morgan fingerprint density at radius 3 is 2.74 bits per heavy atom. The summed E-state index contributed by atoms with van der Waals surface area (Å²) in [5, 5.41) is 19.6. The van der Waals surface area contributed by atoms with Gasteiger partial charge in [-0.1, -0.05) is 0 Å². The standard InChI is InChI=1S/C17H21NO4.ClH/c1-10-14(20)6-5-12-15(21)11(2)17(22-16(10)12)13-4-3-7-18(13)8-9-19;/h5-6,13,19-20H,3-4,7-9H2,1-2H3;1H/t13-;/m1./s1. The van der Waals surface area contributed by atoms with Gasteiger partial charge in [-0.3, -0.25) is 9.69 Å². The van der Waals surface area contributed by atoms with Gasteiger partial charge >= 0.3 is 0 Å². The van der Waals surface area contributed by atoms with Crippen LogP contribution in [0.25, 0.3) is 11.0 Å². The van der Waals surface area contributed by atoms with Crippen LogP contribution in [0, 0.1) is 13.8 Å². The summed E-state index contributed by atoms with van der Waals surface area (Å²) in [6, 6.07) is 3.16. The minimum atomic E-state index is -0.0461. The van der Waals surface area contributed by atoms with Gasteiger partial charge in [0.15, 0.2) is 5.43 Å². The summed E-state index contributed by atoms with van der Waals surface area (Å²) in [7, 11) is 0. The van der Waals surface area contributed by atoms with E-state index in [-0.39, 0.29) is 36.2 Å². The van der Waals surface area contributed by atoms with Crippen molar-refractivity contribution < 1.29 is 14.6 Å². The van der Waals surface area contributed by atoms with Crippen LogP contribution in [0.1, 0.15) is 35.8 Å². The number of halogens is 1. The topological polar surface area (TPSA) is 73.9 Å². The number of phenols is 1. The van der Waals surface area contributed by atoms with Gasteiger partial charge in [0.05, 0.1) is 18.0 Å². The molecule has 1 aliphatic rings. The summed E-state index contributed by atoms with van der Waals surface area (Å²) >= 11 is 0. The number of β-amino-alcohol motifs (C(OH)–C–C–N with tert-alkyl or cyclic N) is 1. The van der Waals surface area contributed by atoms with Crippen molar-refractivity contribution in [2.75, 3.05) is 19.7 Å². The molecule has 0 bridgehead atoms. The van der Waals surface area contributed by atoms with Crippen molar-refractivity contribution in [2.45, 2.75) is 32.7 Å². The Labute approximate surface area is 140 Å². The molecule has 3 rings (SSSR count). The SMILES string of the molecule is Cc1c([C@H]2CCCN2CCO)oc2c(C)c(O)ccc2c1=O.Cl. The van der Waals surface area contributed by atoms with Gasteiger partial charge in [0, 0.05) is 17.7 Å². The van der Waals surface area contributed by atoms with Crippen molar-refractivity contribution in [1.29, 1.82) is 0 Å². The number of aliphatic hydroxyl groups is 1. The third-order valence-electron chi connectivity index (χ3n) is 4.60. The van der Waals surface area contributed by atoms with E-state index in [0.29, 0.717) is 34.4 Å². The van der Waals surface area contributed by atoms with Gasteiger partial charge < -0.3 is 14.6 Å². The van der Waals surface area contributed by atoms with E-state index in [1.165, 1.54) is 6.07 Å². The minimum absolute atomic E-state index is 0. The van der Waals surface area contributed by atoms with Crippen LogP contribution in [-0.2, 0) is 0 Å². The number of rotatable bonds is 3. The fourth-order valence-electron chi connectivity index (χ4n) is 3.33. The number of likely N-dealkylation sites (tertiary alicyclic amines) is 1. The maximum Gasteiger partial charge on any atom is 0.195 e. The average Bonchev–Trinajstić information content (AvgIpc) is 2.95. The van der Waals surface area contributed by atoms with E-state index in [4.69, 9.17) is 4.42 Å². The van der Waals surface area contributed by atoms with Crippen molar-refractivity contribution >= 4 is 23.4 Å². The zero-order valence-corrected chi connectivity index (χ0v) is 14.2. The summed E-state index contributed by atoms with van der Waals surface area (Å²) in [5.74, 6) is 0.793. The lowest BCUT2D eigenvalue weighted by molar-refractivity contribution is 0.172. The first-order valence-electron chi connectivity index (χ1n) is 7.65. The number of hydrogen-bond acceptors (Lipinski definition) is 5. The predicted octanol–water partition coefficient (Wildman–Crippen LogP) is 2.67. The van der Waals surface area contributed by atoms with Crippen LogP contribution in [-0.4, -0.2) is 34.8 Å². The first kappa shape index (κ1) is 17.8. The van der Waals surface area contributed by atoms with Crippen molar-refractivity contribution in [2.24, 2.45) is 0 Å². The Bertz CT molecular complexity index is 771. The zero-order chi connectivity index (χ0) is 15.9. The Hall–Kier alpha value is -1.56. The Balaban J connectivity index is 0.00000192. The second-order valence-electron chi connectivity index (χ2n) is 5.92. The molecule has 1 aromatic heterocycles. The second kappa shape index (κ2) is 6.91. The van der Waals surface area contributed by atoms with E-state index in [0.717, 1.165) is 19.4 Å². The molecule has 2 heterocycles. The summed E-state index contributed by atoms with van der Waals surface area (Å²) in [4.78, 5) is 14.8. The van der Waals surface area contributed by atoms with Gasteiger partial charge in [0.2, 0.25) is 0 Å². The molecule has 126 valence electrons. The van der Waals surface area contributed by atoms with E-state index in [9.17, 15) is 15.0 Å². The first-order chi connectivity index (χ1) is 10.5. The van der Waals surface area contributed by atoms with E-state index < -0.39 is 0 Å². The molecule has 1 fully saturated rings. The van der Waals surface area contributed by atoms with Crippen LogP contribution >= 0.6 is 12.4 Å². The molecule has 0 unspecified atom stereocenters. The van der Waals surface area contributed by atoms with Crippen LogP contribution in [0.2, 0.25) is 0 Å². The molecule has 23 heavy (non-hydrogen) atoms. The molecule has 5 nitrogen and oxygen atoms in total. The summed E-state index contributed by atoms with van der Waals surface area (Å²) < 4.78 is 6.06. The summed E-state index contributed by atoms with van der Waals surface area (Å²) in [6.07, 6.45) is 1.93. The van der Waals surface area contributed by atoms with Gasteiger partial charge in [-0.2, -0.15) is 0 Å². The Morgan fingerprint density at radius 1 is 1.30 bits per heavy atom. The van der Waals surface area contributed by atoms with Gasteiger partial charge in [0.25, 0.3) is 0 Å². The largest absolute Gasteiger partial charge is 0.508 e. The lowest BCUT2D eigenvalue weighted by atomic mass is 10.0. The van der Waals surface area contributed by atoms with Crippen molar-refractivity contribution in [3.8, 4) is 5.75 Å². The van der Waals surface area contributed by atoms with Crippen molar-refractivity contribution in [3.05, 3.63) is 39.2 Å². The van der Waals surface area contributed by atoms with Crippen LogP contribution < -0.4 is 5.43 Å². The fraction of sp³-hybridized carbons (Fsp3) is 0.471. The molecule has 2 aromatic rings. The van der Waals surface area contributed by atoms with Crippen LogP contribution in [0.15, 0.2) is 21.3 Å². The second-order valence-corrected chi connectivity index (χ2v) is 5.92. The number of aliphatic hydroxyl groups excluding tert-OH is 1. The molecule has 0 spiro atoms.